The molecule has 0 bridgehead atoms. The first-order chi connectivity index (χ1) is 15.4. The van der Waals surface area contributed by atoms with Gasteiger partial charge in [-0.1, -0.05) is 26.2 Å². The minimum Gasteiger partial charge on any atom is -0.444 e. The molecule has 1 unspecified atom stereocenters. The topological polar surface area (TPSA) is 70.8 Å². The number of nitrogens with zero attached hydrogens (tertiary/aromatic N) is 2. The average Bonchev–Trinajstić information content (AvgIpc) is 3.42. The number of amides is 1. The number of carbonyl (C=O) groups is 1. The summed E-state index contributed by atoms with van der Waals surface area (Å²) in [6.45, 7) is 4.63. The van der Waals surface area contributed by atoms with E-state index in [1.54, 1.807) is 0 Å². The van der Waals surface area contributed by atoms with E-state index in [1.807, 2.05) is 17.0 Å². The molecule has 1 saturated carbocycles. The van der Waals surface area contributed by atoms with E-state index >= 15 is 0 Å². The third-order valence-corrected chi connectivity index (χ3v) is 9.49. The van der Waals surface area contributed by atoms with Crippen LogP contribution < -0.4 is 4.90 Å². The minimum absolute atomic E-state index is 0.0210. The van der Waals surface area contributed by atoms with Crippen LogP contribution in [-0.4, -0.2) is 49.9 Å². The molecule has 2 aliphatic heterocycles. The van der Waals surface area contributed by atoms with Gasteiger partial charge in [0.2, 0.25) is 5.91 Å². The normalized spacial score (nSPS) is 28.0. The number of sulfone groups is 1. The Morgan fingerprint density at radius 3 is 2.50 bits per heavy atom. The second-order valence-corrected chi connectivity index (χ2v) is 12.4. The SMILES string of the molecule is CCCCC1CCC(C(=O)N(Cc2ccc(N3CCCCC3)o2)C2CCS(=O)(=O)C2)CC1. The second-order valence-electron chi connectivity index (χ2n) is 10.2. The number of furan rings is 1. The van der Waals surface area contributed by atoms with Crippen LogP contribution in [0.2, 0.25) is 0 Å². The maximum absolute atomic E-state index is 13.6. The summed E-state index contributed by atoms with van der Waals surface area (Å²) in [6.07, 6.45) is 12.0. The smallest absolute Gasteiger partial charge is 0.226 e. The standard InChI is InChI=1S/C25H40N2O4S/c1-2-3-7-20-8-10-21(11-9-20)25(28)27(22-14-17-32(29,30)19-22)18-23-12-13-24(31-23)26-15-5-4-6-16-26/h12-13,20-22H,2-11,14-19H2,1H3. The van der Waals surface area contributed by atoms with Crippen molar-refractivity contribution in [3.05, 3.63) is 17.9 Å². The van der Waals surface area contributed by atoms with Crippen molar-refractivity contribution in [3.63, 3.8) is 0 Å². The van der Waals surface area contributed by atoms with E-state index in [2.05, 4.69) is 11.8 Å². The summed E-state index contributed by atoms with van der Waals surface area (Å²) < 4.78 is 30.5. The Morgan fingerprint density at radius 2 is 1.84 bits per heavy atom. The molecule has 2 saturated heterocycles. The summed E-state index contributed by atoms with van der Waals surface area (Å²) in [4.78, 5) is 17.7. The summed E-state index contributed by atoms with van der Waals surface area (Å²) in [5, 5.41) is 0. The van der Waals surface area contributed by atoms with Gasteiger partial charge in [-0.25, -0.2) is 8.42 Å². The van der Waals surface area contributed by atoms with Gasteiger partial charge in [0.1, 0.15) is 5.76 Å². The van der Waals surface area contributed by atoms with Crippen molar-refractivity contribution in [2.75, 3.05) is 29.5 Å². The van der Waals surface area contributed by atoms with E-state index in [-0.39, 0.29) is 29.4 Å². The molecule has 1 aromatic rings. The highest BCUT2D eigenvalue weighted by Gasteiger charge is 2.38. The van der Waals surface area contributed by atoms with Crippen LogP contribution in [0.3, 0.4) is 0 Å². The van der Waals surface area contributed by atoms with Crippen molar-refractivity contribution in [1.29, 1.82) is 0 Å². The first-order valence-corrected chi connectivity index (χ1v) is 14.6. The second kappa shape index (κ2) is 10.6. The number of piperidine rings is 1. The molecule has 1 aliphatic carbocycles. The Kier molecular flexibility index (Phi) is 7.85. The lowest BCUT2D eigenvalue weighted by Crippen LogP contribution is -2.44. The summed E-state index contributed by atoms with van der Waals surface area (Å²) >= 11 is 0. The Morgan fingerprint density at radius 1 is 1.09 bits per heavy atom. The van der Waals surface area contributed by atoms with Gasteiger partial charge in [-0.2, -0.15) is 0 Å². The fourth-order valence-electron chi connectivity index (χ4n) is 5.74. The predicted octanol–water partition coefficient (Wildman–Crippen LogP) is 4.78. The van der Waals surface area contributed by atoms with Crippen molar-refractivity contribution in [2.24, 2.45) is 11.8 Å². The largest absolute Gasteiger partial charge is 0.444 e. The van der Waals surface area contributed by atoms with Crippen LogP contribution in [0.1, 0.15) is 83.3 Å². The Bertz CT molecular complexity index is 851. The fraction of sp³-hybridized carbons (Fsp3) is 0.800. The molecular weight excluding hydrogens is 424 g/mol. The summed E-state index contributed by atoms with van der Waals surface area (Å²) in [5.41, 5.74) is 0. The minimum atomic E-state index is -3.06. The zero-order valence-corrected chi connectivity index (χ0v) is 20.5. The number of carbonyl (C=O) groups excluding carboxylic acids is 1. The lowest BCUT2D eigenvalue weighted by Gasteiger charge is -2.34. The van der Waals surface area contributed by atoms with Crippen LogP contribution in [0.25, 0.3) is 0 Å². The van der Waals surface area contributed by atoms with Crippen LogP contribution in [0.4, 0.5) is 5.88 Å². The predicted molar refractivity (Wildman–Crippen MR) is 127 cm³/mol. The van der Waals surface area contributed by atoms with E-state index in [9.17, 15) is 13.2 Å². The van der Waals surface area contributed by atoms with Gasteiger partial charge in [0.25, 0.3) is 0 Å². The van der Waals surface area contributed by atoms with Gasteiger partial charge in [-0.3, -0.25) is 4.79 Å². The average molecular weight is 465 g/mol. The highest BCUT2D eigenvalue weighted by Crippen LogP contribution is 2.35. The zero-order chi connectivity index (χ0) is 22.6. The molecule has 1 amide bonds. The zero-order valence-electron chi connectivity index (χ0n) is 19.6. The van der Waals surface area contributed by atoms with Crippen LogP contribution in [-0.2, 0) is 21.2 Å². The molecule has 6 nitrogen and oxygen atoms in total. The molecule has 3 heterocycles. The Hall–Kier alpha value is -1.50. The van der Waals surface area contributed by atoms with Crippen molar-refractivity contribution in [2.45, 2.75) is 90.1 Å². The Labute approximate surface area is 193 Å². The van der Waals surface area contributed by atoms with E-state index in [4.69, 9.17) is 4.42 Å². The van der Waals surface area contributed by atoms with Crippen LogP contribution in [0, 0.1) is 11.8 Å². The molecule has 1 aromatic heterocycles. The maximum Gasteiger partial charge on any atom is 0.226 e. The van der Waals surface area contributed by atoms with Gasteiger partial charge in [0.15, 0.2) is 15.7 Å². The lowest BCUT2D eigenvalue weighted by atomic mass is 9.79. The van der Waals surface area contributed by atoms with Crippen molar-refractivity contribution < 1.29 is 17.6 Å². The monoisotopic (exact) mass is 464 g/mol. The molecule has 0 spiro atoms. The highest BCUT2D eigenvalue weighted by atomic mass is 32.2. The van der Waals surface area contributed by atoms with Gasteiger partial charge >= 0.3 is 0 Å². The number of hydrogen-bond donors (Lipinski definition) is 0. The summed E-state index contributed by atoms with van der Waals surface area (Å²) in [6, 6.07) is 3.75. The molecule has 3 aliphatic rings. The fourth-order valence-corrected chi connectivity index (χ4v) is 7.47. The number of anilines is 1. The first kappa shape index (κ1) is 23.7. The van der Waals surface area contributed by atoms with E-state index in [1.165, 1.54) is 38.5 Å². The van der Waals surface area contributed by atoms with Gasteiger partial charge in [0.05, 0.1) is 18.1 Å². The van der Waals surface area contributed by atoms with E-state index < -0.39 is 9.84 Å². The molecule has 180 valence electrons. The third kappa shape index (κ3) is 5.89. The Balaban J connectivity index is 1.44. The lowest BCUT2D eigenvalue weighted by molar-refractivity contribution is -0.139. The molecule has 1 atom stereocenters. The van der Waals surface area contributed by atoms with Crippen molar-refractivity contribution in [3.8, 4) is 0 Å². The van der Waals surface area contributed by atoms with Crippen LogP contribution >= 0.6 is 0 Å². The molecule has 0 N–H and O–H groups in total. The van der Waals surface area contributed by atoms with Gasteiger partial charge in [-0.05, 0) is 63.4 Å². The third-order valence-electron chi connectivity index (χ3n) is 7.74. The maximum atomic E-state index is 13.6. The first-order valence-electron chi connectivity index (χ1n) is 12.8. The summed E-state index contributed by atoms with van der Waals surface area (Å²) in [5.74, 6) is 2.82. The number of rotatable bonds is 8. The van der Waals surface area contributed by atoms with E-state index in [0.717, 1.165) is 56.3 Å². The molecule has 7 heteroatoms. The van der Waals surface area contributed by atoms with Gasteiger partial charge in [-0.15, -0.1) is 0 Å². The molecule has 0 aromatic carbocycles. The van der Waals surface area contributed by atoms with Gasteiger partial charge < -0.3 is 14.2 Å². The summed E-state index contributed by atoms with van der Waals surface area (Å²) in [7, 11) is -3.06. The van der Waals surface area contributed by atoms with Crippen molar-refractivity contribution >= 4 is 21.6 Å². The molecule has 3 fully saturated rings. The molecule has 4 rings (SSSR count). The number of unbranched alkanes of at least 4 members (excludes halogenated alkanes) is 1. The molecule has 32 heavy (non-hydrogen) atoms. The highest BCUT2D eigenvalue weighted by molar-refractivity contribution is 7.91. The quantitative estimate of drug-likeness (QED) is 0.554. The van der Waals surface area contributed by atoms with Crippen LogP contribution in [0.5, 0.6) is 0 Å². The molecular formula is C25H40N2O4S. The molecule has 0 radical (unpaired) electrons. The van der Waals surface area contributed by atoms with Crippen LogP contribution in [0.15, 0.2) is 16.5 Å². The van der Waals surface area contributed by atoms with E-state index in [0.29, 0.717) is 13.0 Å². The van der Waals surface area contributed by atoms with Gasteiger partial charge in [0, 0.05) is 31.1 Å². The number of hydrogen-bond acceptors (Lipinski definition) is 5. The van der Waals surface area contributed by atoms with Crippen molar-refractivity contribution in [1.82, 2.24) is 4.90 Å².